The van der Waals surface area contributed by atoms with Gasteiger partial charge in [0.2, 0.25) is 0 Å². The van der Waals surface area contributed by atoms with Crippen LogP contribution in [0.2, 0.25) is 0 Å². The summed E-state index contributed by atoms with van der Waals surface area (Å²) in [5.74, 6) is 0.569. The summed E-state index contributed by atoms with van der Waals surface area (Å²) >= 11 is 0. The summed E-state index contributed by atoms with van der Waals surface area (Å²) in [6.45, 7) is 8.12. The first-order chi connectivity index (χ1) is 6.79. The van der Waals surface area contributed by atoms with Crippen molar-refractivity contribution in [3.05, 3.63) is 35.4 Å². The fourth-order valence-electron chi connectivity index (χ4n) is 1.58. The molecule has 1 aliphatic heterocycles. The van der Waals surface area contributed by atoms with E-state index in [1.54, 1.807) is 0 Å². The second kappa shape index (κ2) is 5.82. The maximum Gasteiger partial charge on any atom is 0.0719 e. The van der Waals surface area contributed by atoms with Crippen LogP contribution in [0, 0.1) is 0 Å². The van der Waals surface area contributed by atoms with Gasteiger partial charge < -0.3 is 4.74 Å². The van der Waals surface area contributed by atoms with Gasteiger partial charge in [0, 0.05) is 5.92 Å². The van der Waals surface area contributed by atoms with E-state index in [1.807, 2.05) is 0 Å². The highest BCUT2D eigenvalue weighted by Gasteiger charge is 2.14. The van der Waals surface area contributed by atoms with Crippen molar-refractivity contribution in [1.82, 2.24) is 0 Å². The molecule has 0 N–H and O–H groups in total. The van der Waals surface area contributed by atoms with Crippen LogP contribution in [0.15, 0.2) is 24.3 Å². The average Bonchev–Trinajstić information content (AvgIpc) is 2.20. The van der Waals surface area contributed by atoms with Crippen molar-refractivity contribution in [2.45, 2.75) is 39.7 Å². The molecule has 1 heterocycles. The van der Waals surface area contributed by atoms with Gasteiger partial charge in [0.25, 0.3) is 0 Å². The quantitative estimate of drug-likeness (QED) is 0.608. The minimum absolute atomic E-state index is 0.569. The summed E-state index contributed by atoms with van der Waals surface area (Å²) in [6.07, 6.45) is 1.25. The average molecular weight is 192 g/mol. The van der Waals surface area contributed by atoms with Crippen LogP contribution in [-0.4, -0.2) is 6.61 Å². The van der Waals surface area contributed by atoms with E-state index in [2.05, 4.69) is 45.0 Å². The molecule has 0 saturated carbocycles. The predicted octanol–water partition coefficient (Wildman–Crippen LogP) is 3.74. The van der Waals surface area contributed by atoms with Gasteiger partial charge in [-0.1, -0.05) is 51.5 Å². The first-order valence-electron chi connectivity index (χ1n) is 5.45. The van der Waals surface area contributed by atoms with Crippen LogP contribution in [0.1, 0.15) is 44.2 Å². The van der Waals surface area contributed by atoms with Crippen molar-refractivity contribution in [2.75, 3.05) is 6.61 Å². The predicted molar refractivity (Wildman–Crippen MR) is 60.5 cm³/mol. The molecule has 1 heteroatoms. The highest BCUT2D eigenvalue weighted by atomic mass is 16.5. The van der Waals surface area contributed by atoms with Crippen molar-refractivity contribution in [2.24, 2.45) is 0 Å². The maximum absolute atomic E-state index is 5.41. The molecular formula is C13H20O. The van der Waals surface area contributed by atoms with E-state index in [-0.39, 0.29) is 0 Å². The SMILES string of the molecule is CC1COCc2ccccc21.CCC. The van der Waals surface area contributed by atoms with Crippen LogP contribution >= 0.6 is 0 Å². The molecule has 0 saturated heterocycles. The first-order valence-corrected chi connectivity index (χ1v) is 5.45. The van der Waals surface area contributed by atoms with Crippen molar-refractivity contribution >= 4 is 0 Å². The van der Waals surface area contributed by atoms with Crippen LogP contribution in [0.25, 0.3) is 0 Å². The number of hydrogen-bond acceptors (Lipinski definition) is 1. The number of ether oxygens (including phenoxy) is 1. The zero-order valence-electron chi connectivity index (χ0n) is 9.42. The third-order valence-electron chi connectivity index (χ3n) is 2.21. The van der Waals surface area contributed by atoms with E-state index in [4.69, 9.17) is 4.74 Å². The van der Waals surface area contributed by atoms with Crippen molar-refractivity contribution < 1.29 is 4.74 Å². The molecule has 1 atom stereocenters. The Morgan fingerprint density at radius 1 is 1.29 bits per heavy atom. The normalized spacial score (nSPS) is 19.2. The molecule has 0 aromatic heterocycles. The molecule has 1 aliphatic rings. The Bertz CT molecular complexity index is 268. The fourth-order valence-corrected chi connectivity index (χ4v) is 1.58. The lowest BCUT2D eigenvalue weighted by molar-refractivity contribution is 0.0951. The van der Waals surface area contributed by atoms with Crippen LogP contribution in [-0.2, 0) is 11.3 Å². The molecule has 2 rings (SSSR count). The van der Waals surface area contributed by atoms with E-state index in [1.165, 1.54) is 17.5 Å². The van der Waals surface area contributed by atoms with Gasteiger partial charge in [-0.05, 0) is 11.1 Å². The van der Waals surface area contributed by atoms with E-state index in [9.17, 15) is 0 Å². The summed E-state index contributed by atoms with van der Waals surface area (Å²) in [7, 11) is 0. The van der Waals surface area contributed by atoms with Crippen LogP contribution in [0.3, 0.4) is 0 Å². The second-order valence-electron chi connectivity index (χ2n) is 3.82. The van der Waals surface area contributed by atoms with Gasteiger partial charge in [0.15, 0.2) is 0 Å². The Morgan fingerprint density at radius 2 is 1.93 bits per heavy atom. The second-order valence-corrected chi connectivity index (χ2v) is 3.82. The molecule has 0 aliphatic carbocycles. The van der Waals surface area contributed by atoms with E-state index in [0.29, 0.717) is 5.92 Å². The lowest BCUT2D eigenvalue weighted by Gasteiger charge is -2.21. The lowest BCUT2D eigenvalue weighted by atomic mass is 9.95. The molecule has 0 radical (unpaired) electrons. The van der Waals surface area contributed by atoms with Gasteiger partial charge >= 0.3 is 0 Å². The van der Waals surface area contributed by atoms with E-state index >= 15 is 0 Å². The van der Waals surface area contributed by atoms with Gasteiger partial charge in [-0.2, -0.15) is 0 Å². The molecular weight excluding hydrogens is 172 g/mol. The Labute approximate surface area is 87.1 Å². The Morgan fingerprint density at radius 3 is 2.57 bits per heavy atom. The molecule has 1 nitrogen and oxygen atoms in total. The van der Waals surface area contributed by atoms with Gasteiger partial charge in [0.1, 0.15) is 0 Å². The van der Waals surface area contributed by atoms with Crippen molar-refractivity contribution in [1.29, 1.82) is 0 Å². The zero-order valence-corrected chi connectivity index (χ0v) is 9.42. The molecule has 0 spiro atoms. The Kier molecular flexibility index (Phi) is 4.68. The highest BCUT2D eigenvalue weighted by molar-refractivity contribution is 5.30. The monoisotopic (exact) mass is 192 g/mol. The van der Waals surface area contributed by atoms with Gasteiger partial charge in [-0.15, -0.1) is 0 Å². The topological polar surface area (TPSA) is 9.23 Å². The minimum Gasteiger partial charge on any atom is -0.376 e. The first kappa shape index (κ1) is 11.3. The number of benzene rings is 1. The number of rotatable bonds is 0. The number of hydrogen-bond donors (Lipinski definition) is 0. The summed E-state index contributed by atoms with van der Waals surface area (Å²) in [5, 5.41) is 0. The minimum atomic E-state index is 0.569. The molecule has 1 aromatic rings. The van der Waals surface area contributed by atoms with Crippen LogP contribution < -0.4 is 0 Å². The van der Waals surface area contributed by atoms with Gasteiger partial charge in [0.05, 0.1) is 13.2 Å². The van der Waals surface area contributed by atoms with Crippen LogP contribution in [0.5, 0.6) is 0 Å². The number of fused-ring (bicyclic) bond motifs is 1. The smallest absolute Gasteiger partial charge is 0.0719 e. The van der Waals surface area contributed by atoms with Crippen LogP contribution in [0.4, 0.5) is 0 Å². The largest absolute Gasteiger partial charge is 0.376 e. The standard InChI is InChI=1S/C10H12O.C3H8/c1-8-6-11-7-9-4-2-3-5-10(8)9;1-3-2/h2-5,8H,6-7H2,1H3;3H2,1-2H3. The zero-order chi connectivity index (χ0) is 10.4. The highest BCUT2D eigenvalue weighted by Crippen LogP contribution is 2.25. The summed E-state index contributed by atoms with van der Waals surface area (Å²) in [6, 6.07) is 8.51. The third kappa shape index (κ3) is 2.85. The fraction of sp³-hybridized carbons (Fsp3) is 0.538. The van der Waals surface area contributed by atoms with Crippen molar-refractivity contribution in [3.8, 4) is 0 Å². The summed E-state index contributed by atoms with van der Waals surface area (Å²) < 4.78 is 5.41. The molecule has 0 amide bonds. The molecule has 0 fully saturated rings. The molecule has 78 valence electrons. The molecule has 1 aromatic carbocycles. The summed E-state index contributed by atoms with van der Waals surface area (Å²) in [4.78, 5) is 0. The third-order valence-corrected chi connectivity index (χ3v) is 2.21. The Balaban J connectivity index is 0.000000293. The van der Waals surface area contributed by atoms with E-state index in [0.717, 1.165) is 13.2 Å². The van der Waals surface area contributed by atoms with Gasteiger partial charge in [-0.3, -0.25) is 0 Å². The maximum atomic E-state index is 5.41. The van der Waals surface area contributed by atoms with Crippen molar-refractivity contribution in [3.63, 3.8) is 0 Å². The molecule has 0 bridgehead atoms. The molecule has 14 heavy (non-hydrogen) atoms. The summed E-state index contributed by atoms with van der Waals surface area (Å²) in [5.41, 5.74) is 2.81. The Hall–Kier alpha value is -0.820. The van der Waals surface area contributed by atoms with E-state index < -0.39 is 0 Å². The molecule has 1 unspecified atom stereocenters. The lowest BCUT2D eigenvalue weighted by Crippen LogP contribution is -2.13. The van der Waals surface area contributed by atoms with Gasteiger partial charge in [-0.25, -0.2) is 0 Å².